The second kappa shape index (κ2) is 4.50. The Hall–Kier alpha value is -1.72. The maximum Gasteiger partial charge on any atom is 0.315 e. The highest BCUT2D eigenvalue weighted by atomic mass is 19.3. The third kappa shape index (κ3) is 2.65. The van der Waals surface area contributed by atoms with Gasteiger partial charge in [-0.2, -0.15) is 8.78 Å². The normalized spacial score (nSPS) is 10.0. The number of alkyl halides is 2. The predicted molar refractivity (Wildman–Crippen MR) is 48.4 cm³/mol. The highest BCUT2D eigenvalue weighted by Gasteiger charge is 2.14. The van der Waals surface area contributed by atoms with Crippen LogP contribution in [0, 0.1) is 0 Å². The van der Waals surface area contributed by atoms with Gasteiger partial charge in [0.2, 0.25) is 0 Å². The van der Waals surface area contributed by atoms with Crippen molar-refractivity contribution in [3.63, 3.8) is 0 Å². The molecule has 0 saturated carbocycles. The number of carbonyl (C=O) groups is 1. The van der Waals surface area contributed by atoms with E-state index in [1.54, 1.807) is 13.1 Å². The van der Waals surface area contributed by atoms with E-state index in [1.807, 2.05) is 5.32 Å². The molecule has 2 N–H and O–H groups in total. The summed E-state index contributed by atoms with van der Waals surface area (Å²) in [6, 6.07) is 3.06. The minimum absolute atomic E-state index is 0.245. The Kier molecular flexibility index (Phi) is 3.33. The smallest absolute Gasteiger partial charge is 0.315 e. The highest BCUT2D eigenvalue weighted by molar-refractivity contribution is 5.92. The molecule has 0 bridgehead atoms. The van der Waals surface area contributed by atoms with E-state index in [2.05, 4.69) is 10.3 Å². The molecule has 0 atom stereocenters. The molecule has 76 valence electrons. The molecule has 0 aromatic carbocycles. The summed E-state index contributed by atoms with van der Waals surface area (Å²) in [5.74, 6) is -0.732. The summed E-state index contributed by atoms with van der Waals surface area (Å²) >= 11 is 0. The van der Waals surface area contributed by atoms with Gasteiger partial charge in [-0.1, -0.05) is 0 Å². The van der Waals surface area contributed by atoms with Crippen molar-refractivity contribution in [3.05, 3.63) is 18.3 Å². The molecule has 4 nitrogen and oxygen atoms in total. The molecule has 0 spiro atoms. The zero-order valence-electron chi connectivity index (χ0n) is 7.42. The van der Waals surface area contributed by atoms with E-state index in [1.165, 1.54) is 12.3 Å². The molecule has 0 aliphatic heterocycles. The molecular formula is C8H9F2N3O. The Morgan fingerprint density at radius 3 is 2.64 bits per heavy atom. The van der Waals surface area contributed by atoms with Crippen LogP contribution >= 0.6 is 0 Å². The molecule has 1 aromatic rings. The van der Waals surface area contributed by atoms with Crippen molar-refractivity contribution in [1.82, 2.24) is 4.98 Å². The van der Waals surface area contributed by atoms with Crippen LogP contribution in [0.25, 0.3) is 0 Å². The Bertz CT molecular complexity index is 313. The maximum atomic E-state index is 11.8. The summed E-state index contributed by atoms with van der Waals surface area (Å²) in [7, 11) is 1.68. The molecule has 0 fully saturated rings. The minimum atomic E-state index is -3.01. The van der Waals surface area contributed by atoms with Gasteiger partial charge in [0, 0.05) is 7.05 Å². The summed E-state index contributed by atoms with van der Waals surface area (Å²) in [4.78, 5) is 14.4. The van der Waals surface area contributed by atoms with Crippen LogP contribution in [-0.2, 0) is 4.79 Å². The standard InChI is InChI=1S/C8H9F2N3O/c1-11-6-3-2-5(4-12-6)13-8(14)7(9)10/h2-4,7H,1H3,(H,11,12)(H,13,14). The molecule has 1 rings (SSSR count). The number of pyridine rings is 1. The molecule has 0 unspecified atom stereocenters. The number of hydrogen-bond acceptors (Lipinski definition) is 3. The van der Waals surface area contributed by atoms with E-state index in [4.69, 9.17) is 0 Å². The van der Waals surface area contributed by atoms with Crippen LogP contribution in [0.3, 0.4) is 0 Å². The minimum Gasteiger partial charge on any atom is -0.373 e. The number of amides is 1. The van der Waals surface area contributed by atoms with Gasteiger partial charge >= 0.3 is 6.43 Å². The van der Waals surface area contributed by atoms with Crippen molar-refractivity contribution in [1.29, 1.82) is 0 Å². The van der Waals surface area contributed by atoms with Crippen LogP contribution in [0.15, 0.2) is 18.3 Å². The first-order chi connectivity index (χ1) is 6.63. The van der Waals surface area contributed by atoms with E-state index in [0.717, 1.165) is 0 Å². The fourth-order valence-electron chi connectivity index (χ4n) is 0.813. The molecule has 0 radical (unpaired) electrons. The average molecular weight is 201 g/mol. The molecular weight excluding hydrogens is 192 g/mol. The first-order valence-electron chi connectivity index (χ1n) is 3.86. The van der Waals surface area contributed by atoms with Gasteiger partial charge in [0.1, 0.15) is 5.82 Å². The lowest BCUT2D eigenvalue weighted by Crippen LogP contribution is -2.20. The average Bonchev–Trinajstić information content (AvgIpc) is 2.19. The van der Waals surface area contributed by atoms with Crippen LogP contribution in [0.5, 0.6) is 0 Å². The van der Waals surface area contributed by atoms with Crippen LogP contribution < -0.4 is 10.6 Å². The SMILES string of the molecule is CNc1ccc(NC(=O)C(F)F)cn1. The number of rotatable bonds is 3. The summed E-state index contributed by atoms with van der Waals surface area (Å²) < 4.78 is 23.6. The predicted octanol–water partition coefficient (Wildman–Crippen LogP) is 1.33. The third-order valence-corrected chi connectivity index (χ3v) is 1.49. The Balaban J connectivity index is 2.64. The Morgan fingerprint density at radius 2 is 2.21 bits per heavy atom. The van der Waals surface area contributed by atoms with Gasteiger partial charge in [-0.15, -0.1) is 0 Å². The van der Waals surface area contributed by atoms with Gasteiger partial charge in [0.25, 0.3) is 5.91 Å². The fourth-order valence-corrected chi connectivity index (χ4v) is 0.813. The van der Waals surface area contributed by atoms with Crippen LogP contribution in [0.2, 0.25) is 0 Å². The summed E-state index contributed by atoms with van der Waals surface area (Å²) in [6.45, 7) is 0. The maximum absolute atomic E-state index is 11.8. The molecule has 1 amide bonds. The molecule has 0 aliphatic rings. The van der Waals surface area contributed by atoms with Crippen molar-refractivity contribution < 1.29 is 13.6 Å². The third-order valence-electron chi connectivity index (χ3n) is 1.49. The van der Waals surface area contributed by atoms with Crippen LogP contribution in [0.1, 0.15) is 0 Å². The lowest BCUT2D eigenvalue weighted by atomic mass is 10.4. The second-order valence-electron chi connectivity index (χ2n) is 2.47. The van der Waals surface area contributed by atoms with Crippen molar-refractivity contribution in [3.8, 4) is 0 Å². The molecule has 1 heterocycles. The van der Waals surface area contributed by atoms with E-state index in [9.17, 15) is 13.6 Å². The monoisotopic (exact) mass is 201 g/mol. The van der Waals surface area contributed by atoms with Crippen molar-refractivity contribution >= 4 is 17.4 Å². The Labute approximate surface area is 79.3 Å². The molecule has 14 heavy (non-hydrogen) atoms. The van der Waals surface area contributed by atoms with Gasteiger partial charge in [-0.05, 0) is 12.1 Å². The first kappa shape index (κ1) is 10.4. The summed E-state index contributed by atoms with van der Waals surface area (Å²) in [6.07, 6.45) is -1.72. The number of anilines is 2. The second-order valence-corrected chi connectivity index (χ2v) is 2.47. The first-order valence-corrected chi connectivity index (χ1v) is 3.86. The van der Waals surface area contributed by atoms with Gasteiger partial charge in [0.15, 0.2) is 0 Å². The Morgan fingerprint density at radius 1 is 1.50 bits per heavy atom. The molecule has 6 heteroatoms. The van der Waals surface area contributed by atoms with Crippen molar-refractivity contribution in [2.75, 3.05) is 17.7 Å². The number of nitrogens with one attached hydrogen (secondary N) is 2. The molecule has 0 aliphatic carbocycles. The quantitative estimate of drug-likeness (QED) is 0.775. The number of carbonyl (C=O) groups excluding carboxylic acids is 1. The lowest BCUT2D eigenvalue weighted by Gasteiger charge is -2.04. The summed E-state index contributed by atoms with van der Waals surface area (Å²) in [5.41, 5.74) is 0.245. The van der Waals surface area contributed by atoms with Gasteiger partial charge < -0.3 is 10.6 Å². The topological polar surface area (TPSA) is 54.0 Å². The lowest BCUT2D eigenvalue weighted by molar-refractivity contribution is -0.126. The zero-order chi connectivity index (χ0) is 10.6. The molecule has 1 aromatic heterocycles. The number of aromatic nitrogens is 1. The fraction of sp³-hybridized carbons (Fsp3) is 0.250. The van der Waals surface area contributed by atoms with Gasteiger partial charge in [-0.25, -0.2) is 4.98 Å². The van der Waals surface area contributed by atoms with Gasteiger partial charge in [-0.3, -0.25) is 4.79 Å². The zero-order valence-corrected chi connectivity index (χ0v) is 7.42. The van der Waals surface area contributed by atoms with E-state index >= 15 is 0 Å². The summed E-state index contributed by atoms with van der Waals surface area (Å²) in [5, 5.41) is 4.77. The molecule has 0 saturated heterocycles. The number of nitrogens with zero attached hydrogens (tertiary/aromatic N) is 1. The number of halogens is 2. The van der Waals surface area contributed by atoms with Crippen LogP contribution in [0.4, 0.5) is 20.3 Å². The van der Waals surface area contributed by atoms with E-state index in [0.29, 0.717) is 5.82 Å². The van der Waals surface area contributed by atoms with Gasteiger partial charge in [0.05, 0.1) is 11.9 Å². The van der Waals surface area contributed by atoms with E-state index in [-0.39, 0.29) is 5.69 Å². The highest BCUT2D eigenvalue weighted by Crippen LogP contribution is 2.09. The van der Waals surface area contributed by atoms with Crippen molar-refractivity contribution in [2.45, 2.75) is 6.43 Å². The largest absolute Gasteiger partial charge is 0.373 e. The number of hydrogen-bond donors (Lipinski definition) is 2. The van der Waals surface area contributed by atoms with Crippen molar-refractivity contribution in [2.24, 2.45) is 0 Å². The van der Waals surface area contributed by atoms with Crippen LogP contribution in [-0.4, -0.2) is 24.4 Å². The van der Waals surface area contributed by atoms with E-state index < -0.39 is 12.3 Å².